The number of sulfonamides is 1. The Morgan fingerprint density at radius 3 is 2.73 bits per heavy atom. The monoisotopic (exact) mass is 449 g/mol. The van der Waals surface area contributed by atoms with Gasteiger partial charge in [-0.3, -0.25) is 19.4 Å². The molecule has 0 aliphatic carbocycles. The highest BCUT2D eigenvalue weighted by molar-refractivity contribution is 7.91. The predicted molar refractivity (Wildman–Crippen MR) is 114 cm³/mol. The molecular weight excluding hydrogens is 426 g/mol. The lowest BCUT2D eigenvalue weighted by Crippen LogP contribution is -2.35. The summed E-state index contributed by atoms with van der Waals surface area (Å²) in [5, 5.41) is 5.64. The van der Waals surface area contributed by atoms with E-state index in [0.717, 1.165) is 35.5 Å². The lowest BCUT2D eigenvalue weighted by molar-refractivity contribution is 0.0952. The van der Waals surface area contributed by atoms with E-state index in [9.17, 15) is 18.0 Å². The average molecular weight is 450 g/mol. The smallest absolute Gasteiger partial charge is 0.274 e. The molecule has 0 radical (unpaired) electrons. The van der Waals surface area contributed by atoms with Crippen LogP contribution in [0.3, 0.4) is 0 Å². The fourth-order valence-electron chi connectivity index (χ4n) is 3.65. The summed E-state index contributed by atoms with van der Waals surface area (Å²) >= 11 is 1.16. The molecular formula is C19H23N5O4S2. The number of pyridine rings is 1. The minimum atomic E-state index is -3.49. The third-order valence-electron chi connectivity index (χ3n) is 5.16. The number of carbonyl (C=O) groups excluding carboxylic acids is 1. The minimum Gasteiger partial charge on any atom is -0.347 e. The largest absolute Gasteiger partial charge is 0.347 e. The maximum absolute atomic E-state index is 12.8. The van der Waals surface area contributed by atoms with Crippen molar-refractivity contribution in [2.45, 2.75) is 36.9 Å². The van der Waals surface area contributed by atoms with Crippen molar-refractivity contribution < 1.29 is 13.2 Å². The molecule has 1 saturated heterocycles. The number of nitrogens with zero attached hydrogens (tertiary/aromatic N) is 3. The number of aromatic nitrogens is 3. The van der Waals surface area contributed by atoms with E-state index in [0.29, 0.717) is 24.4 Å². The molecule has 0 bridgehead atoms. The van der Waals surface area contributed by atoms with Crippen molar-refractivity contribution in [3.8, 4) is 0 Å². The molecule has 1 aliphatic rings. The van der Waals surface area contributed by atoms with Gasteiger partial charge in [0, 0.05) is 30.7 Å². The summed E-state index contributed by atoms with van der Waals surface area (Å²) < 4.78 is 28.9. The van der Waals surface area contributed by atoms with E-state index in [1.54, 1.807) is 32.2 Å². The van der Waals surface area contributed by atoms with Gasteiger partial charge in [-0.1, -0.05) is 6.42 Å². The van der Waals surface area contributed by atoms with E-state index >= 15 is 0 Å². The number of H-pyrrole nitrogens is 1. The first-order chi connectivity index (χ1) is 14.3. The number of carbonyl (C=O) groups is 1. The van der Waals surface area contributed by atoms with Crippen LogP contribution in [0.15, 0.2) is 27.2 Å². The number of aromatic amines is 1. The molecule has 0 unspecified atom stereocenters. The fraction of sp³-hybridized carbons (Fsp3) is 0.421. The maximum Gasteiger partial charge on any atom is 0.274 e. The van der Waals surface area contributed by atoms with Crippen molar-refractivity contribution in [2.75, 3.05) is 13.1 Å². The number of thiophene rings is 1. The Hall–Kier alpha value is -2.50. The summed E-state index contributed by atoms with van der Waals surface area (Å²) in [7, 11) is -1.83. The van der Waals surface area contributed by atoms with Gasteiger partial charge in [0.05, 0.1) is 17.5 Å². The van der Waals surface area contributed by atoms with Crippen LogP contribution in [0.25, 0.3) is 11.0 Å². The highest BCUT2D eigenvalue weighted by Gasteiger charge is 2.27. The van der Waals surface area contributed by atoms with Crippen molar-refractivity contribution in [1.82, 2.24) is 24.4 Å². The van der Waals surface area contributed by atoms with Crippen molar-refractivity contribution in [2.24, 2.45) is 7.05 Å². The normalized spacial score (nSPS) is 15.5. The molecule has 1 amide bonds. The first-order valence-electron chi connectivity index (χ1n) is 9.71. The predicted octanol–water partition coefficient (Wildman–Crippen LogP) is 1.74. The van der Waals surface area contributed by atoms with Crippen LogP contribution in [0.4, 0.5) is 0 Å². The second-order valence-electron chi connectivity index (χ2n) is 7.38. The number of hydrogen-bond donors (Lipinski definition) is 2. The van der Waals surface area contributed by atoms with E-state index in [2.05, 4.69) is 15.4 Å². The van der Waals surface area contributed by atoms with Crippen LogP contribution in [-0.2, 0) is 23.6 Å². The van der Waals surface area contributed by atoms with Crippen molar-refractivity contribution in [3.63, 3.8) is 0 Å². The Kier molecular flexibility index (Phi) is 5.51. The molecule has 3 aromatic heterocycles. The van der Waals surface area contributed by atoms with Gasteiger partial charge in [-0.05, 0) is 38.0 Å². The number of hydrogen-bond acceptors (Lipinski definition) is 6. The van der Waals surface area contributed by atoms with Crippen LogP contribution in [0.2, 0.25) is 0 Å². The summed E-state index contributed by atoms with van der Waals surface area (Å²) in [5.74, 6) is -0.406. The highest BCUT2D eigenvalue weighted by atomic mass is 32.2. The lowest BCUT2D eigenvalue weighted by Gasteiger charge is -2.25. The number of nitrogens with one attached hydrogen (secondary N) is 2. The Morgan fingerprint density at radius 2 is 2.00 bits per heavy atom. The summed E-state index contributed by atoms with van der Waals surface area (Å²) in [5.41, 5.74) is 0.901. The van der Waals surface area contributed by atoms with Gasteiger partial charge in [-0.25, -0.2) is 13.4 Å². The minimum absolute atomic E-state index is 0.173. The van der Waals surface area contributed by atoms with Gasteiger partial charge in [0.25, 0.3) is 21.5 Å². The quantitative estimate of drug-likeness (QED) is 0.615. The highest BCUT2D eigenvalue weighted by Crippen LogP contribution is 2.27. The molecule has 30 heavy (non-hydrogen) atoms. The topological polar surface area (TPSA) is 117 Å². The van der Waals surface area contributed by atoms with Gasteiger partial charge in [0.2, 0.25) is 0 Å². The van der Waals surface area contributed by atoms with Gasteiger partial charge < -0.3 is 5.32 Å². The van der Waals surface area contributed by atoms with Gasteiger partial charge in [0.1, 0.15) is 4.21 Å². The number of aryl methyl sites for hydroxylation is 2. The summed E-state index contributed by atoms with van der Waals surface area (Å²) in [6, 6.07) is 4.88. The summed E-state index contributed by atoms with van der Waals surface area (Å²) in [6.07, 6.45) is 2.82. The van der Waals surface area contributed by atoms with E-state index in [1.165, 1.54) is 8.99 Å². The first-order valence-corrected chi connectivity index (χ1v) is 12.0. The summed E-state index contributed by atoms with van der Waals surface area (Å²) in [6.45, 7) is 3.03. The molecule has 0 aromatic carbocycles. The Balaban J connectivity index is 1.52. The Morgan fingerprint density at radius 1 is 1.27 bits per heavy atom. The van der Waals surface area contributed by atoms with Gasteiger partial charge in [0.15, 0.2) is 5.65 Å². The van der Waals surface area contributed by atoms with Crippen molar-refractivity contribution in [3.05, 3.63) is 44.7 Å². The Labute approximate surface area is 177 Å². The second kappa shape index (κ2) is 7.97. The van der Waals surface area contributed by atoms with Crippen LogP contribution >= 0.6 is 11.3 Å². The molecule has 3 aromatic rings. The SMILES string of the molecule is Cc1cc(C(=O)NCc2ccc(S(=O)(=O)N3CCCCC3)s2)c2c(=O)[nH]n(C)c2n1. The van der Waals surface area contributed by atoms with E-state index in [-0.39, 0.29) is 27.3 Å². The standard InChI is InChI=1S/C19H23N5O4S2/c1-12-10-14(16-17(21-12)23(2)22-19(16)26)18(25)20-11-13-6-7-15(29-13)30(27,28)24-8-4-3-5-9-24/h6-7,10H,3-5,8-9,11H2,1-2H3,(H,20,25)(H,22,26). The molecule has 9 nitrogen and oxygen atoms in total. The molecule has 2 N–H and O–H groups in total. The first kappa shape index (κ1) is 20.8. The molecule has 1 aliphatic heterocycles. The van der Waals surface area contributed by atoms with E-state index < -0.39 is 15.9 Å². The van der Waals surface area contributed by atoms with Crippen LogP contribution in [-0.4, -0.2) is 46.5 Å². The zero-order valence-electron chi connectivity index (χ0n) is 16.8. The van der Waals surface area contributed by atoms with E-state index in [1.807, 2.05) is 0 Å². The van der Waals surface area contributed by atoms with Crippen LogP contribution < -0.4 is 10.9 Å². The van der Waals surface area contributed by atoms with Crippen LogP contribution in [0, 0.1) is 6.92 Å². The third kappa shape index (κ3) is 3.80. The molecule has 4 rings (SSSR count). The maximum atomic E-state index is 12.8. The van der Waals surface area contributed by atoms with E-state index in [4.69, 9.17) is 0 Å². The number of amides is 1. The lowest BCUT2D eigenvalue weighted by atomic mass is 10.1. The number of fused-ring (bicyclic) bond motifs is 1. The third-order valence-corrected chi connectivity index (χ3v) is 8.61. The van der Waals surface area contributed by atoms with Gasteiger partial charge in [-0.2, -0.15) is 4.31 Å². The van der Waals surface area contributed by atoms with Crippen molar-refractivity contribution >= 4 is 38.3 Å². The number of piperidine rings is 1. The molecule has 11 heteroatoms. The molecule has 4 heterocycles. The molecule has 0 spiro atoms. The van der Waals surface area contributed by atoms with Gasteiger partial charge >= 0.3 is 0 Å². The zero-order valence-corrected chi connectivity index (χ0v) is 18.4. The zero-order chi connectivity index (χ0) is 21.5. The van der Waals surface area contributed by atoms with Crippen LogP contribution in [0.1, 0.15) is 40.2 Å². The number of rotatable bonds is 5. The molecule has 160 valence electrons. The van der Waals surface area contributed by atoms with Gasteiger partial charge in [-0.15, -0.1) is 11.3 Å². The average Bonchev–Trinajstić information content (AvgIpc) is 3.31. The Bertz CT molecular complexity index is 1270. The van der Waals surface area contributed by atoms with Crippen LogP contribution in [0.5, 0.6) is 0 Å². The van der Waals surface area contributed by atoms with Crippen molar-refractivity contribution in [1.29, 1.82) is 0 Å². The molecule has 1 fully saturated rings. The fourth-order valence-corrected chi connectivity index (χ4v) is 6.62. The summed E-state index contributed by atoms with van der Waals surface area (Å²) in [4.78, 5) is 30.0. The molecule has 0 saturated carbocycles. The molecule has 0 atom stereocenters. The second-order valence-corrected chi connectivity index (χ2v) is 10.7.